The van der Waals surface area contributed by atoms with E-state index in [0.29, 0.717) is 9.72 Å². The molecule has 6 heteroatoms. The number of halogens is 2. The van der Waals surface area contributed by atoms with Crippen LogP contribution in [0.2, 0.25) is 0 Å². The summed E-state index contributed by atoms with van der Waals surface area (Å²) in [6, 6.07) is 0. The van der Waals surface area contributed by atoms with Crippen molar-refractivity contribution >= 4 is 23.2 Å². The summed E-state index contributed by atoms with van der Waals surface area (Å²) < 4.78 is 0. The van der Waals surface area contributed by atoms with Gasteiger partial charge in [-0.05, 0) is 12.8 Å². The Morgan fingerprint density at radius 1 is 0.395 bits per heavy atom. The largest absolute Gasteiger partial charge is 0.567 e. The predicted octanol–water partition coefficient (Wildman–Crippen LogP) is 11.9. The minimum absolute atomic E-state index is 0.0469. The molecule has 0 radical (unpaired) electrons. The van der Waals surface area contributed by atoms with E-state index in [2.05, 4.69) is 13.8 Å². The lowest BCUT2D eigenvalue weighted by molar-refractivity contribution is -0.969. The summed E-state index contributed by atoms with van der Waals surface area (Å²) in [4.78, 5) is 0.936. The third kappa shape index (κ3) is 27.4. The van der Waals surface area contributed by atoms with Gasteiger partial charge in [-0.15, -0.1) is 23.2 Å². The summed E-state index contributed by atoms with van der Waals surface area (Å²) in [7, 11) is 0. The van der Waals surface area contributed by atoms with Crippen LogP contribution in [0.15, 0.2) is 0 Å². The summed E-state index contributed by atoms with van der Waals surface area (Å²) in [6.45, 7) is 4.62. The minimum Gasteiger partial charge on any atom is -0.567 e. The summed E-state index contributed by atoms with van der Waals surface area (Å²) >= 11 is 12.7. The second kappa shape index (κ2) is 29.8. The number of nitrogens with zero attached hydrogens (tertiary/aromatic N) is 2. The van der Waals surface area contributed by atoms with E-state index < -0.39 is 0 Å². The quantitative estimate of drug-likeness (QED) is 0.0279. The zero-order valence-corrected chi connectivity index (χ0v) is 26.9. The lowest BCUT2D eigenvalue weighted by Crippen LogP contribution is -2.28. The fourth-order valence-corrected chi connectivity index (χ4v) is 5.66. The van der Waals surface area contributed by atoms with Gasteiger partial charge in [-0.25, -0.2) is 0 Å². The molecule has 0 aromatic rings. The van der Waals surface area contributed by atoms with Gasteiger partial charge in [0, 0.05) is 9.72 Å². The molecule has 2 atom stereocenters. The first-order chi connectivity index (χ1) is 18.5. The highest BCUT2D eigenvalue weighted by Crippen LogP contribution is 2.16. The van der Waals surface area contributed by atoms with E-state index in [1.807, 2.05) is 0 Å². The van der Waals surface area contributed by atoms with Crippen molar-refractivity contribution < 1.29 is 9.72 Å². The maximum atomic E-state index is 12.2. The van der Waals surface area contributed by atoms with Crippen molar-refractivity contribution in [1.82, 2.24) is 0 Å². The first-order valence-corrected chi connectivity index (χ1v) is 17.6. The lowest BCUT2D eigenvalue weighted by atomic mass is 10.0. The van der Waals surface area contributed by atoms with E-state index in [1.165, 1.54) is 128 Å². The van der Waals surface area contributed by atoms with Crippen LogP contribution in [-0.4, -0.2) is 33.6 Å². The molecule has 38 heavy (non-hydrogen) atoms. The van der Waals surface area contributed by atoms with Crippen LogP contribution in [0.5, 0.6) is 0 Å². The molecule has 0 amide bonds. The van der Waals surface area contributed by atoms with Crippen LogP contribution < -0.4 is 0 Å². The van der Waals surface area contributed by atoms with Gasteiger partial charge in [-0.2, -0.15) is 0 Å². The van der Waals surface area contributed by atoms with Gasteiger partial charge in [0.25, 0.3) is 0 Å². The Hall–Kier alpha value is -0.220. The molecule has 0 fully saturated rings. The zero-order valence-electron chi connectivity index (χ0n) is 25.4. The van der Waals surface area contributed by atoms with E-state index >= 15 is 0 Å². The lowest BCUT2D eigenvalue weighted by Gasteiger charge is -2.11. The standard InChI is InChI=1S/C32H64Cl2N2O2/c1-3-5-7-9-11-13-15-17-19-21-23-25-27-31(33)29-35(37)36(38)30-32(34)28-26-24-22-20-18-16-14-12-10-8-6-4-2/h31-32H,3-30H2,1-2H3/b36-35-/t31-,32+. The average Bonchev–Trinajstić information content (AvgIpc) is 2.89. The van der Waals surface area contributed by atoms with Crippen molar-refractivity contribution in [3.63, 3.8) is 0 Å². The number of alkyl halides is 2. The summed E-state index contributed by atoms with van der Waals surface area (Å²) in [5, 5.41) is 23.8. The Bertz CT molecular complexity index is 476. The van der Waals surface area contributed by atoms with Crippen LogP contribution in [0, 0.1) is 10.4 Å². The Morgan fingerprint density at radius 2 is 0.605 bits per heavy atom. The molecule has 0 heterocycles. The molecule has 0 aliphatic carbocycles. The van der Waals surface area contributed by atoms with E-state index in [0.717, 1.165) is 38.5 Å². The number of hydrogen-bond acceptors (Lipinski definition) is 2. The van der Waals surface area contributed by atoms with Gasteiger partial charge in [-0.1, -0.05) is 168 Å². The smallest absolute Gasteiger partial charge is 0.236 e. The topological polar surface area (TPSA) is 52.1 Å². The number of hydrogen-bond donors (Lipinski definition) is 0. The average molecular weight is 580 g/mol. The van der Waals surface area contributed by atoms with Gasteiger partial charge in [0.2, 0.25) is 13.1 Å². The number of azo groups is 1. The second-order valence-electron chi connectivity index (χ2n) is 11.6. The van der Waals surface area contributed by atoms with Crippen LogP contribution in [0.25, 0.3) is 0 Å². The van der Waals surface area contributed by atoms with Gasteiger partial charge >= 0.3 is 0 Å². The van der Waals surface area contributed by atoms with Crippen molar-refractivity contribution in [3.05, 3.63) is 10.4 Å². The number of unbranched alkanes of at least 4 members (excludes halogenated alkanes) is 22. The molecular formula is C32H64Cl2N2O2. The molecule has 0 N–H and O–H groups in total. The van der Waals surface area contributed by atoms with Crippen molar-refractivity contribution in [1.29, 1.82) is 0 Å². The van der Waals surface area contributed by atoms with Crippen LogP contribution >= 0.6 is 23.2 Å². The number of hydroxylamine groups is 2. The van der Waals surface area contributed by atoms with Crippen LogP contribution in [0.4, 0.5) is 0 Å². The van der Waals surface area contributed by atoms with Crippen LogP contribution in [0.3, 0.4) is 0 Å². The molecule has 0 saturated heterocycles. The second-order valence-corrected chi connectivity index (χ2v) is 12.9. The summed E-state index contributed by atoms with van der Waals surface area (Å²) in [6.07, 6.45) is 32.9. The first-order valence-electron chi connectivity index (χ1n) is 16.7. The third-order valence-electron chi connectivity index (χ3n) is 7.70. The molecule has 4 nitrogen and oxygen atoms in total. The molecular weight excluding hydrogens is 515 g/mol. The van der Waals surface area contributed by atoms with Gasteiger partial charge in [-0.3, -0.25) is 0 Å². The minimum atomic E-state index is -0.280. The Labute approximate surface area is 247 Å². The van der Waals surface area contributed by atoms with Crippen molar-refractivity contribution in [2.45, 2.75) is 192 Å². The van der Waals surface area contributed by atoms with E-state index in [-0.39, 0.29) is 23.8 Å². The molecule has 0 aliphatic rings. The fraction of sp³-hybridized carbons (Fsp3) is 1.00. The van der Waals surface area contributed by atoms with Crippen molar-refractivity contribution in [2.24, 2.45) is 0 Å². The van der Waals surface area contributed by atoms with E-state index in [1.54, 1.807) is 0 Å². The molecule has 0 saturated carbocycles. The first kappa shape index (κ1) is 37.8. The normalized spacial score (nSPS) is 14.0. The van der Waals surface area contributed by atoms with Gasteiger partial charge < -0.3 is 10.4 Å². The van der Waals surface area contributed by atoms with Crippen molar-refractivity contribution in [3.8, 4) is 0 Å². The van der Waals surface area contributed by atoms with Crippen LogP contribution in [0.1, 0.15) is 181 Å². The Kier molecular flexibility index (Phi) is 29.6. The maximum Gasteiger partial charge on any atom is 0.236 e. The predicted molar refractivity (Wildman–Crippen MR) is 168 cm³/mol. The van der Waals surface area contributed by atoms with Gasteiger partial charge in [0.05, 0.1) is 0 Å². The zero-order chi connectivity index (χ0) is 28.1. The van der Waals surface area contributed by atoms with Crippen LogP contribution in [-0.2, 0) is 0 Å². The molecule has 0 aromatic heterocycles. The Balaban J connectivity index is 3.64. The molecule has 0 bridgehead atoms. The molecule has 0 aromatic carbocycles. The molecule has 0 spiro atoms. The monoisotopic (exact) mass is 578 g/mol. The summed E-state index contributed by atoms with van der Waals surface area (Å²) in [5.74, 6) is 0. The highest BCUT2D eigenvalue weighted by Gasteiger charge is 2.19. The highest BCUT2D eigenvalue weighted by molar-refractivity contribution is 6.20. The highest BCUT2D eigenvalue weighted by atomic mass is 35.5. The molecule has 0 unspecified atom stereocenters. The molecule has 228 valence electrons. The third-order valence-corrected chi connectivity index (χ3v) is 8.41. The number of rotatable bonds is 30. The maximum absolute atomic E-state index is 12.2. The van der Waals surface area contributed by atoms with Crippen molar-refractivity contribution in [2.75, 3.05) is 13.1 Å². The summed E-state index contributed by atoms with van der Waals surface area (Å²) in [5.41, 5.74) is 0. The van der Waals surface area contributed by atoms with E-state index in [9.17, 15) is 10.4 Å². The van der Waals surface area contributed by atoms with E-state index in [4.69, 9.17) is 23.2 Å². The molecule has 0 rings (SSSR count). The molecule has 0 aliphatic heterocycles. The van der Waals surface area contributed by atoms with Gasteiger partial charge in [0.15, 0.2) is 0 Å². The Morgan fingerprint density at radius 3 is 0.842 bits per heavy atom. The fourth-order valence-electron chi connectivity index (χ4n) is 5.12. The SMILES string of the molecule is CCCCCCCCCCCCCC[C@@H](Cl)C/[N+]([O-])=[N+](/[O-])C[C@@H](Cl)CCCCCCCCCCCCCC. The van der Waals surface area contributed by atoms with Gasteiger partial charge in [0.1, 0.15) is 10.8 Å².